The molecular formula is C27H28F2N4O2S. The van der Waals surface area contributed by atoms with E-state index in [1.54, 1.807) is 30.5 Å². The van der Waals surface area contributed by atoms with Crippen molar-refractivity contribution in [3.63, 3.8) is 0 Å². The Bertz CT molecular complexity index is 1300. The summed E-state index contributed by atoms with van der Waals surface area (Å²) < 4.78 is 37.4. The van der Waals surface area contributed by atoms with Gasteiger partial charge >= 0.3 is 0 Å². The molecule has 1 aromatic heterocycles. The van der Waals surface area contributed by atoms with Gasteiger partial charge in [0.2, 0.25) is 0 Å². The largest absolute Gasteiger partial charge is 0.369 e. The second kappa shape index (κ2) is 9.78. The van der Waals surface area contributed by atoms with Crippen molar-refractivity contribution in [2.24, 2.45) is 10.9 Å². The monoisotopic (exact) mass is 510 g/mol. The zero-order valence-corrected chi connectivity index (χ0v) is 21.1. The highest BCUT2D eigenvalue weighted by atomic mass is 32.2. The smallest absolute Gasteiger partial charge is 0.257 e. The number of aromatic nitrogens is 2. The van der Waals surface area contributed by atoms with Crippen molar-refractivity contribution in [1.29, 1.82) is 0 Å². The summed E-state index contributed by atoms with van der Waals surface area (Å²) in [6, 6.07) is 14.5. The van der Waals surface area contributed by atoms with Crippen LogP contribution in [0.1, 0.15) is 61.0 Å². The molecule has 3 heterocycles. The molecule has 2 aliphatic heterocycles. The predicted molar refractivity (Wildman–Crippen MR) is 136 cm³/mol. The maximum absolute atomic E-state index is 15.2. The summed E-state index contributed by atoms with van der Waals surface area (Å²) in [7, 11) is 0. The number of thioether (sulfide) groups is 1. The molecule has 188 valence electrons. The number of rotatable bonds is 4. The number of halogens is 2. The number of hydrogen-bond donors (Lipinski definition) is 1. The van der Waals surface area contributed by atoms with E-state index in [1.165, 1.54) is 23.9 Å². The molecule has 0 unspecified atom stereocenters. The van der Waals surface area contributed by atoms with Crippen molar-refractivity contribution in [2.75, 3.05) is 6.61 Å². The van der Waals surface area contributed by atoms with Crippen LogP contribution in [-0.2, 0) is 10.3 Å². The van der Waals surface area contributed by atoms with Crippen LogP contribution in [-0.4, -0.2) is 32.7 Å². The van der Waals surface area contributed by atoms with Gasteiger partial charge in [-0.1, -0.05) is 43.0 Å². The molecule has 2 aliphatic rings. The molecule has 1 saturated heterocycles. The standard InChI is InChI=1S/C27H28F2N4O2S/c1-16(2)33-23(11-12-30-33)24-14-21-17(3)36-26(31-25(34)18-7-5-4-6-8-18)32-27(21,15-35-24)20-10-9-19(28)13-22(20)29/h4-13,16-17,21,24H,14-15H2,1-3H3,(H,31,32,34)/t17-,21+,24-,27-/m1/s1. The van der Waals surface area contributed by atoms with Crippen LogP contribution in [0.3, 0.4) is 0 Å². The van der Waals surface area contributed by atoms with E-state index in [2.05, 4.69) is 31.2 Å². The predicted octanol–water partition coefficient (Wildman–Crippen LogP) is 5.64. The summed E-state index contributed by atoms with van der Waals surface area (Å²) in [5.74, 6) is -1.75. The molecular weight excluding hydrogens is 482 g/mol. The van der Waals surface area contributed by atoms with Gasteiger partial charge in [0.25, 0.3) is 5.91 Å². The molecule has 3 aromatic rings. The van der Waals surface area contributed by atoms with Crippen LogP contribution in [0.5, 0.6) is 0 Å². The topological polar surface area (TPSA) is 68.5 Å². The van der Waals surface area contributed by atoms with Crippen molar-refractivity contribution in [3.05, 3.63) is 89.2 Å². The maximum Gasteiger partial charge on any atom is 0.257 e. The van der Waals surface area contributed by atoms with Gasteiger partial charge in [-0.15, -0.1) is 0 Å². The first-order chi connectivity index (χ1) is 17.3. The zero-order chi connectivity index (χ0) is 25.4. The van der Waals surface area contributed by atoms with Crippen LogP contribution < -0.4 is 5.32 Å². The van der Waals surface area contributed by atoms with Gasteiger partial charge in [-0.3, -0.25) is 9.48 Å². The Morgan fingerprint density at radius 3 is 2.69 bits per heavy atom. The van der Waals surface area contributed by atoms with Gasteiger partial charge < -0.3 is 10.1 Å². The van der Waals surface area contributed by atoms with E-state index < -0.39 is 17.2 Å². The Morgan fingerprint density at radius 1 is 1.19 bits per heavy atom. The van der Waals surface area contributed by atoms with Gasteiger partial charge in [-0.05, 0) is 44.5 Å². The van der Waals surface area contributed by atoms with Gasteiger partial charge in [0.15, 0.2) is 5.17 Å². The Labute approximate surface area is 213 Å². The minimum atomic E-state index is -1.11. The van der Waals surface area contributed by atoms with E-state index in [-0.39, 0.29) is 41.4 Å². The number of benzene rings is 2. The summed E-state index contributed by atoms with van der Waals surface area (Å²) in [5, 5.41) is 7.70. The second-order valence-corrected chi connectivity index (χ2v) is 10.9. The maximum atomic E-state index is 15.2. The third-order valence-corrected chi connectivity index (χ3v) is 8.04. The highest BCUT2D eigenvalue weighted by Gasteiger charge is 2.53. The number of nitrogens with one attached hydrogen (secondary N) is 1. The zero-order valence-electron chi connectivity index (χ0n) is 20.3. The van der Waals surface area contributed by atoms with Crippen LogP contribution in [0, 0.1) is 17.6 Å². The molecule has 1 N–H and O–H groups in total. The highest BCUT2D eigenvalue weighted by molar-refractivity contribution is 8.14. The summed E-state index contributed by atoms with van der Waals surface area (Å²) in [4.78, 5) is 17.8. The van der Waals surface area contributed by atoms with Crippen LogP contribution in [0.25, 0.3) is 0 Å². The lowest BCUT2D eigenvalue weighted by molar-refractivity contribution is -0.0683. The number of fused-ring (bicyclic) bond motifs is 1. The van der Waals surface area contributed by atoms with Crippen LogP contribution in [0.2, 0.25) is 0 Å². The number of amides is 1. The lowest BCUT2D eigenvalue weighted by atomic mass is 9.72. The van der Waals surface area contributed by atoms with Gasteiger partial charge in [0, 0.05) is 40.6 Å². The fourth-order valence-corrected chi connectivity index (χ4v) is 6.42. The lowest BCUT2D eigenvalue weighted by Gasteiger charge is -2.49. The first-order valence-corrected chi connectivity index (χ1v) is 12.9. The Morgan fingerprint density at radius 2 is 1.97 bits per heavy atom. The molecule has 1 fully saturated rings. The first kappa shape index (κ1) is 24.6. The average molecular weight is 511 g/mol. The molecule has 5 rings (SSSR count). The SMILES string of the molecule is CC(C)n1nccc1[C@H]1C[C@H]2[C@@H](C)SC(NC(=O)c3ccccc3)=N[C@@]2(c2ccc(F)cc2F)CO1. The summed E-state index contributed by atoms with van der Waals surface area (Å²) in [6.07, 6.45) is 2.09. The quantitative estimate of drug-likeness (QED) is 0.494. The molecule has 1 amide bonds. The van der Waals surface area contributed by atoms with E-state index in [1.807, 2.05) is 16.8 Å². The summed E-state index contributed by atoms with van der Waals surface area (Å²) >= 11 is 1.45. The van der Waals surface area contributed by atoms with Gasteiger partial charge in [0.1, 0.15) is 17.2 Å². The lowest BCUT2D eigenvalue weighted by Crippen LogP contribution is -2.52. The van der Waals surface area contributed by atoms with Crippen molar-refractivity contribution < 1.29 is 18.3 Å². The third kappa shape index (κ3) is 4.46. The number of nitrogens with zero attached hydrogens (tertiary/aromatic N) is 3. The van der Waals surface area contributed by atoms with E-state index in [0.29, 0.717) is 17.2 Å². The number of carbonyl (C=O) groups is 1. The minimum absolute atomic E-state index is 0.0279. The average Bonchev–Trinajstić information content (AvgIpc) is 3.35. The van der Waals surface area contributed by atoms with Crippen molar-refractivity contribution in [3.8, 4) is 0 Å². The molecule has 9 heteroatoms. The molecule has 0 spiro atoms. The molecule has 4 atom stereocenters. The Kier molecular flexibility index (Phi) is 6.70. The number of hydrogen-bond acceptors (Lipinski definition) is 5. The van der Waals surface area contributed by atoms with Gasteiger partial charge in [-0.25, -0.2) is 13.8 Å². The number of ether oxygens (including phenoxy) is 1. The van der Waals surface area contributed by atoms with Crippen molar-refractivity contribution in [1.82, 2.24) is 15.1 Å². The molecule has 2 aromatic carbocycles. The fourth-order valence-electron chi connectivity index (χ4n) is 5.20. The highest BCUT2D eigenvalue weighted by Crippen LogP contribution is 2.52. The molecule has 0 aliphatic carbocycles. The van der Waals surface area contributed by atoms with Crippen molar-refractivity contribution in [2.45, 2.75) is 50.1 Å². The first-order valence-electron chi connectivity index (χ1n) is 12.0. The van der Waals surface area contributed by atoms with E-state index in [4.69, 9.17) is 9.73 Å². The van der Waals surface area contributed by atoms with Gasteiger partial charge in [0.05, 0.1) is 18.4 Å². The van der Waals surface area contributed by atoms with Crippen LogP contribution in [0.15, 0.2) is 65.8 Å². The molecule has 0 saturated carbocycles. The normalized spacial score (nSPS) is 25.8. The Hall–Kier alpha value is -3.04. The summed E-state index contributed by atoms with van der Waals surface area (Å²) in [5.41, 5.74) is 0.617. The van der Waals surface area contributed by atoms with Gasteiger partial charge in [-0.2, -0.15) is 5.10 Å². The number of carbonyl (C=O) groups excluding carboxylic acids is 1. The van der Waals surface area contributed by atoms with E-state index in [9.17, 15) is 9.18 Å². The molecule has 36 heavy (non-hydrogen) atoms. The third-order valence-electron chi connectivity index (χ3n) is 6.93. The molecule has 6 nitrogen and oxygen atoms in total. The summed E-state index contributed by atoms with van der Waals surface area (Å²) in [6.45, 7) is 6.26. The van der Waals surface area contributed by atoms with E-state index in [0.717, 1.165) is 11.8 Å². The molecule has 0 radical (unpaired) electrons. The molecule has 0 bridgehead atoms. The van der Waals surface area contributed by atoms with Crippen molar-refractivity contribution >= 4 is 22.8 Å². The number of amidine groups is 1. The number of aliphatic imine (C=N–C) groups is 1. The fraction of sp³-hybridized carbons (Fsp3) is 0.370. The second-order valence-electron chi connectivity index (χ2n) is 9.54. The minimum Gasteiger partial charge on any atom is -0.369 e. The van der Waals surface area contributed by atoms with Crippen LogP contribution in [0.4, 0.5) is 8.78 Å². The van der Waals surface area contributed by atoms with Crippen LogP contribution >= 0.6 is 11.8 Å². The Balaban J connectivity index is 1.54. The van der Waals surface area contributed by atoms with E-state index >= 15 is 4.39 Å².